The summed E-state index contributed by atoms with van der Waals surface area (Å²) in [4.78, 5) is 0. The van der Waals surface area contributed by atoms with Gasteiger partial charge in [0.2, 0.25) is 0 Å². The Bertz CT molecular complexity index is 334. The molecule has 1 radical (unpaired) electrons. The first kappa shape index (κ1) is 17.0. The van der Waals surface area contributed by atoms with Gasteiger partial charge in [0.1, 0.15) is 0 Å². The van der Waals surface area contributed by atoms with Gasteiger partial charge in [-0.2, -0.15) is 0 Å². The van der Waals surface area contributed by atoms with Crippen LogP contribution in [0.2, 0.25) is 0 Å². The number of hydrogen-bond acceptors (Lipinski definition) is 0. The van der Waals surface area contributed by atoms with Crippen molar-refractivity contribution in [3.8, 4) is 0 Å². The molecule has 20 heavy (non-hydrogen) atoms. The minimum absolute atomic E-state index is 1.06. The zero-order valence-corrected chi connectivity index (χ0v) is 13.2. The summed E-state index contributed by atoms with van der Waals surface area (Å²) >= 11 is 0. The molecule has 0 heteroatoms. The molecule has 0 saturated heterocycles. The van der Waals surface area contributed by atoms with Crippen LogP contribution in [0.25, 0.3) is 0 Å². The molecule has 0 aromatic heterocycles. The van der Waals surface area contributed by atoms with Gasteiger partial charge in [-0.25, -0.2) is 0 Å². The summed E-state index contributed by atoms with van der Waals surface area (Å²) < 4.78 is 0. The largest absolute Gasteiger partial charge is 0.0845 e. The Morgan fingerprint density at radius 3 is 1.75 bits per heavy atom. The minimum atomic E-state index is 1.06. The molecular weight excluding hydrogens is 240 g/mol. The Morgan fingerprint density at radius 2 is 1.25 bits per heavy atom. The summed E-state index contributed by atoms with van der Waals surface area (Å²) in [5.41, 5.74) is 3.00. The summed E-state index contributed by atoms with van der Waals surface area (Å²) in [6, 6.07) is 9.29. The van der Waals surface area contributed by atoms with Crippen LogP contribution in [0.4, 0.5) is 0 Å². The van der Waals surface area contributed by atoms with Gasteiger partial charge in [-0.3, -0.25) is 0 Å². The predicted molar refractivity (Wildman–Crippen MR) is 89.9 cm³/mol. The van der Waals surface area contributed by atoms with E-state index in [1.165, 1.54) is 75.3 Å². The number of hydrogen-bond donors (Lipinski definition) is 0. The zero-order valence-electron chi connectivity index (χ0n) is 13.2. The quantitative estimate of drug-likeness (QED) is 0.392. The van der Waals surface area contributed by atoms with Gasteiger partial charge in [0.15, 0.2) is 0 Å². The summed E-state index contributed by atoms with van der Waals surface area (Å²) in [7, 11) is 0. The number of unbranched alkanes of at least 4 members (excludes halogenated alkanes) is 7. The van der Waals surface area contributed by atoms with E-state index in [2.05, 4.69) is 31.2 Å². The monoisotopic (exact) mass is 271 g/mol. The van der Waals surface area contributed by atoms with Gasteiger partial charge in [0.05, 0.1) is 0 Å². The molecule has 0 saturated carbocycles. The van der Waals surface area contributed by atoms with Crippen LogP contribution < -0.4 is 0 Å². The average molecular weight is 271 g/mol. The highest BCUT2D eigenvalue weighted by Gasteiger charge is 1.96. The zero-order chi connectivity index (χ0) is 14.5. The van der Waals surface area contributed by atoms with E-state index in [1.807, 2.05) is 0 Å². The standard InChI is InChI=1S/C20H31/c1-3-5-7-9-10-12-14-20-17-15-19(16-18-20)13-11-8-6-4-2/h1,3,15-18H,4-14H2,2H3. The maximum Gasteiger partial charge on any atom is -0.0279 e. The average Bonchev–Trinajstić information content (AvgIpc) is 2.49. The van der Waals surface area contributed by atoms with Crippen molar-refractivity contribution in [2.24, 2.45) is 0 Å². The van der Waals surface area contributed by atoms with Crippen LogP contribution in [-0.2, 0) is 12.8 Å². The van der Waals surface area contributed by atoms with E-state index in [1.54, 1.807) is 6.08 Å². The SMILES string of the molecule is [CH]=CCCCCCCc1ccc(CCCCCC)cc1. The third kappa shape index (κ3) is 8.19. The van der Waals surface area contributed by atoms with E-state index in [0.29, 0.717) is 0 Å². The van der Waals surface area contributed by atoms with E-state index >= 15 is 0 Å². The fourth-order valence-corrected chi connectivity index (χ4v) is 2.57. The van der Waals surface area contributed by atoms with E-state index in [0.717, 1.165) is 6.42 Å². The molecule has 111 valence electrons. The van der Waals surface area contributed by atoms with E-state index < -0.39 is 0 Å². The molecule has 0 fully saturated rings. The molecule has 1 aromatic carbocycles. The van der Waals surface area contributed by atoms with Crippen molar-refractivity contribution in [1.82, 2.24) is 0 Å². The van der Waals surface area contributed by atoms with Crippen LogP contribution in [0.15, 0.2) is 30.3 Å². The molecule has 0 aliphatic rings. The summed E-state index contributed by atoms with van der Waals surface area (Å²) in [5.74, 6) is 0. The molecule has 1 rings (SSSR count). The molecule has 0 aliphatic heterocycles. The molecule has 0 heterocycles. The van der Waals surface area contributed by atoms with Gasteiger partial charge in [0, 0.05) is 0 Å². The van der Waals surface area contributed by atoms with Crippen LogP contribution in [-0.4, -0.2) is 0 Å². The van der Waals surface area contributed by atoms with E-state index in [4.69, 9.17) is 6.58 Å². The summed E-state index contributed by atoms with van der Waals surface area (Å²) in [6.07, 6.45) is 15.9. The second-order valence-electron chi connectivity index (χ2n) is 5.82. The predicted octanol–water partition coefficient (Wildman–Crippen LogP) is 6.29. The third-order valence-electron chi connectivity index (χ3n) is 3.93. The molecular formula is C20H31. The van der Waals surface area contributed by atoms with Crippen molar-refractivity contribution < 1.29 is 0 Å². The number of aryl methyl sites for hydroxylation is 2. The van der Waals surface area contributed by atoms with Crippen LogP contribution in [0, 0.1) is 6.58 Å². The maximum atomic E-state index is 5.37. The Kier molecular flexibility index (Phi) is 10.0. The highest BCUT2D eigenvalue weighted by molar-refractivity contribution is 5.22. The molecule has 0 amide bonds. The molecule has 0 nitrogen and oxygen atoms in total. The normalized spacial score (nSPS) is 10.7. The van der Waals surface area contributed by atoms with Gasteiger partial charge in [-0.15, -0.1) is 0 Å². The molecule has 1 aromatic rings. The Balaban J connectivity index is 2.13. The Hall–Kier alpha value is -1.04. The van der Waals surface area contributed by atoms with Crippen molar-refractivity contribution in [2.75, 3.05) is 0 Å². The summed E-state index contributed by atoms with van der Waals surface area (Å²) in [5, 5.41) is 0. The van der Waals surface area contributed by atoms with Gasteiger partial charge < -0.3 is 0 Å². The van der Waals surface area contributed by atoms with E-state index in [-0.39, 0.29) is 0 Å². The smallest absolute Gasteiger partial charge is 0.0279 e. The molecule has 0 atom stereocenters. The number of allylic oxidation sites excluding steroid dienone is 1. The molecule has 0 aliphatic carbocycles. The summed E-state index contributed by atoms with van der Waals surface area (Å²) in [6.45, 7) is 7.64. The second-order valence-corrected chi connectivity index (χ2v) is 5.82. The third-order valence-corrected chi connectivity index (χ3v) is 3.93. The maximum absolute atomic E-state index is 5.37. The number of rotatable bonds is 12. The lowest BCUT2D eigenvalue weighted by molar-refractivity contribution is 0.646. The fourth-order valence-electron chi connectivity index (χ4n) is 2.57. The van der Waals surface area contributed by atoms with Crippen molar-refractivity contribution in [2.45, 2.75) is 77.6 Å². The van der Waals surface area contributed by atoms with Crippen molar-refractivity contribution in [1.29, 1.82) is 0 Å². The molecule has 0 unspecified atom stereocenters. The molecule has 0 N–H and O–H groups in total. The first-order chi connectivity index (χ1) is 9.86. The Morgan fingerprint density at radius 1 is 0.750 bits per heavy atom. The highest BCUT2D eigenvalue weighted by atomic mass is 14.0. The second kappa shape index (κ2) is 11.8. The fraction of sp³-hybridized carbons (Fsp3) is 0.600. The van der Waals surface area contributed by atoms with Gasteiger partial charge in [-0.05, 0) is 49.7 Å². The minimum Gasteiger partial charge on any atom is -0.0845 e. The molecule has 0 spiro atoms. The van der Waals surface area contributed by atoms with Crippen LogP contribution in [0.1, 0.15) is 75.8 Å². The lowest BCUT2D eigenvalue weighted by Crippen LogP contribution is -1.89. The lowest BCUT2D eigenvalue weighted by atomic mass is 10.0. The van der Waals surface area contributed by atoms with E-state index in [9.17, 15) is 0 Å². The van der Waals surface area contributed by atoms with Gasteiger partial charge >= 0.3 is 0 Å². The van der Waals surface area contributed by atoms with Crippen LogP contribution in [0.3, 0.4) is 0 Å². The highest BCUT2D eigenvalue weighted by Crippen LogP contribution is 2.12. The topological polar surface area (TPSA) is 0 Å². The van der Waals surface area contributed by atoms with Crippen LogP contribution >= 0.6 is 0 Å². The lowest BCUT2D eigenvalue weighted by Gasteiger charge is -2.05. The first-order valence-electron chi connectivity index (χ1n) is 8.48. The van der Waals surface area contributed by atoms with Gasteiger partial charge in [-0.1, -0.05) is 75.9 Å². The Labute approximate surface area is 126 Å². The van der Waals surface area contributed by atoms with Crippen LogP contribution in [0.5, 0.6) is 0 Å². The first-order valence-corrected chi connectivity index (χ1v) is 8.48. The van der Waals surface area contributed by atoms with Crippen molar-refractivity contribution in [3.05, 3.63) is 48.0 Å². The van der Waals surface area contributed by atoms with Gasteiger partial charge in [0.25, 0.3) is 0 Å². The number of benzene rings is 1. The van der Waals surface area contributed by atoms with Crippen molar-refractivity contribution >= 4 is 0 Å². The molecule has 0 bridgehead atoms. The van der Waals surface area contributed by atoms with Crippen molar-refractivity contribution in [3.63, 3.8) is 0 Å².